The average Bonchev–Trinajstić information content (AvgIpc) is 2.63. The van der Waals surface area contributed by atoms with Crippen LogP contribution >= 0.6 is 0 Å². The van der Waals surface area contributed by atoms with Crippen molar-refractivity contribution in [3.8, 4) is 0 Å². The van der Waals surface area contributed by atoms with Gasteiger partial charge in [-0.25, -0.2) is 0 Å². The van der Waals surface area contributed by atoms with E-state index in [0.29, 0.717) is 12.6 Å². The maximum atomic E-state index is 11.9. The van der Waals surface area contributed by atoms with E-state index >= 15 is 0 Å². The maximum absolute atomic E-state index is 11.9. The van der Waals surface area contributed by atoms with Crippen molar-refractivity contribution in [1.29, 1.82) is 0 Å². The first kappa shape index (κ1) is 14.8. The number of hydrogen-bond acceptors (Lipinski definition) is 3. The lowest BCUT2D eigenvalue weighted by Crippen LogP contribution is -2.41. The highest BCUT2D eigenvalue weighted by molar-refractivity contribution is 5.78. The van der Waals surface area contributed by atoms with Crippen LogP contribution in [0.3, 0.4) is 0 Å². The molecule has 4 heteroatoms. The Morgan fingerprint density at radius 2 is 1.89 bits per heavy atom. The van der Waals surface area contributed by atoms with Crippen molar-refractivity contribution in [1.82, 2.24) is 15.5 Å². The molecular weight excluding hydrogens is 238 g/mol. The molecule has 1 saturated carbocycles. The zero-order chi connectivity index (χ0) is 13.5. The van der Waals surface area contributed by atoms with Crippen LogP contribution in [0.5, 0.6) is 0 Å². The Labute approximate surface area is 117 Å². The Bertz CT molecular complexity index is 275. The summed E-state index contributed by atoms with van der Waals surface area (Å²) in [6.45, 7) is 3.82. The van der Waals surface area contributed by atoms with Gasteiger partial charge in [-0.05, 0) is 45.3 Å². The molecule has 0 spiro atoms. The van der Waals surface area contributed by atoms with Crippen molar-refractivity contribution in [3.05, 3.63) is 0 Å². The van der Waals surface area contributed by atoms with E-state index in [1.807, 2.05) is 0 Å². The highest BCUT2D eigenvalue weighted by Gasteiger charge is 2.19. The van der Waals surface area contributed by atoms with Gasteiger partial charge in [-0.1, -0.05) is 25.7 Å². The Hall–Kier alpha value is -0.610. The summed E-state index contributed by atoms with van der Waals surface area (Å²) < 4.78 is 0. The van der Waals surface area contributed by atoms with Crippen molar-refractivity contribution >= 4 is 5.91 Å². The van der Waals surface area contributed by atoms with Crippen LogP contribution in [0.2, 0.25) is 0 Å². The van der Waals surface area contributed by atoms with Gasteiger partial charge >= 0.3 is 0 Å². The molecule has 4 nitrogen and oxygen atoms in total. The third kappa shape index (κ3) is 5.49. The van der Waals surface area contributed by atoms with Crippen LogP contribution in [-0.2, 0) is 4.79 Å². The molecule has 1 aliphatic heterocycles. The number of rotatable bonds is 5. The normalized spacial score (nSPS) is 26.3. The highest BCUT2D eigenvalue weighted by Crippen LogP contribution is 2.17. The van der Waals surface area contributed by atoms with Gasteiger partial charge in [-0.15, -0.1) is 0 Å². The fourth-order valence-electron chi connectivity index (χ4n) is 3.29. The van der Waals surface area contributed by atoms with Crippen molar-refractivity contribution in [2.75, 3.05) is 33.2 Å². The van der Waals surface area contributed by atoms with E-state index < -0.39 is 0 Å². The van der Waals surface area contributed by atoms with Crippen LogP contribution in [0.15, 0.2) is 0 Å². The predicted molar refractivity (Wildman–Crippen MR) is 78.1 cm³/mol. The summed E-state index contributed by atoms with van der Waals surface area (Å²) in [4.78, 5) is 14.2. The molecule has 1 saturated heterocycles. The van der Waals surface area contributed by atoms with Crippen LogP contribution in [-0.4, -0.2) is 50.1 Å². The number of nitrogens with one attached hydrogen (secondary N) is 2. The molecule has 110 valence electrons. The van der Waals surface area contributed by atoms with E-state index in [-0.39, 0.29) is 5.91 Å². The fraction of sp³-hybridized carbons (Fsp3) is 0.933. The van der Waals surface area contributed by atoms with Crippen LogP contribution in [0.4, 0.5) is 0 Å². The maximum Gasteiger partial charge on any atom is 0.234 e. The topological polar surface area (TPSA) is 44.4 Å². The van der Waals surface area contributed by atoms with Gasteiger partial charge in [0.2, 0.25) is 5.91 Å². The molecule has 0 aromatic rings. The quantitative estimate of drug-likeness (QED) is 0.739. The summed E-state index contributed by atoms with van der Waals surface area (Å²) in [7, 11) is 2.17. The Kier molecular flexibility index (Phi) is 6.11. The number of carbonyl (C=O) groups is 1. The summed E-state index contributed by atoms with van der Waals surface area (Å²) in [5.41, 5.74) is 0. The number of carbonyl (C=O) groups excluding carboxylic acids is 1. The second-order valence-electron chi connectivity index (χ2n) is 6.30. The van der Waals surface area contributed by atoms with Crippen LogP contribution in [0, 0.1) is 5.92 Å². The lowest BCUT2D eigenvalue weighted by atomic mass is 10.1. The minimum absolute atomic E-state index is 0.179. The van der Waals surface area contributed by atoms with Gasteiger partial charge in [0.15, 0.2) is 0 Å². The zero-order valence-electron chi connectivity index (χ0n) is 12.3. The average molecular weight is 267 g/mol. The van der Waals surface area contributed by atoms with Gasteiger partial charge < -0.3 is 15.5 Å². The third-order valence-corrected chi connectivity index (χ3v) is 4.43. The molecule has 0 aromatic heterocycles. The number of likely N-dealkylation sites (tertiary alicyclic amines) is 1. The van der Waals surface area contributed by atoms with Gasteiger partial charge in [-0.3, -0.25) is 4.79 Å². The predicted octanol–water partition coefficient (Wildman–Crippen LogP) is 1.37. The van der Waals surface area contributed by atoms with Gasteiger partial charge in [-0.2, -0.15) is 0 Å². The monoisotopic (exact) mass is 267 g/mol. The molecule has 0 bridgehead atoms. The summed E-state index contributed by atoms with van der Waals surface area (Å²) in [6.07, 6.45) is 8.80. The van der Waals surface area contributed by atoms with E-state index in [1.54, 1.807) is 0 Å². The molecular formula is C15H29N3O. The summed E-state index contributed by atoms with van der Waals surface area (Å²) in [5, 5.41) is 6.50. The minimum atomic E-state index is 0.179. The molecule has 1 unspecified atom stereocenters. The molecule has 2 fully saturated rings. The SMILES string of the molecule is CN1CCC(CNCC(=O)NC2CCCCCC2)C1. The number of hydrogen-bond donors (Lipinski definition) is 2. The van der Waals surface area contributed by atoms with Crippen molar-refractivity contribution in [3.63, 3.8) is 0 Å². The molecule has 2 N–H and O–H groups in total. The minimum Gasteiger partial charge on any atom is -0.352 e. The lowest BCUT2D eigenvalue weighted by Gasteiger charge is -2.17. The van der Waals surface area contributed by atoms with E-state index in [4.69, 9.17) is 0 Å². The molecule has 1 heterocycles. The van der Waals surface area contributed by atoms with E-state index in [1.165, 1.54) is 51.5 Å². The standard InChI is InChI=1S/C15H29N3O/c1-18-9-8-13(12-18)10-16-11-15(19)17-14-6-4-2-3-5-7-14/h13-14,16H,2-12H2,1H3,(H,17,19). The van der Waals surface area contributed by atoms with Crippen molar-refractivity contribution in [2.24, 2.45) is 5.92 Å². The van der Waals surface area contributed by atoms with Crippen LogP contribution < -0.4 is 10.6 Å². The highest BCUT2D eigenvalue weighted by atomic mass is 16.1. The van der Waals surface area contributed by atoms with Gasteiger partial charge in [0.25, 0.3) is 0 Å². The summed E-state index contributed by atoms with van der Waals surface area (Å²) >= 11 is 0. The lowest BCUT2D eigenvalue weighted by molar-refractivity contribution is -0.121. The number of amides is 1. The molecule has 0 radical (unpaired) electrons. The number of nitrogens with zero attached hydrogens (tertiary/aromatic N) is 1. The van der Waals surface area contributed by atoms with Gasteiger partial charge in [0, 0.05) is 12.6 Å². The van der Waals surface area contributed by atoms with Gasteiger partial charge in [0.05, 0.1) is 6.54 Å². The summed E-state index contributed by atoms with van der Waals surface area (Å²) in [6, 6.07) is 0.425. The molecule has 19 heavy (non-hydrogen) atoms. The van der Waals surface area contributed by atoms with Crippen LogP contribution in [0.25, 0.3) is 0 Å². The first-order chi connectivity index (χ1) is 9.24. The molecule has 1 atom stereocenters. The van der Waals surface area contributed by atoms with Crippen molar-refractivity contribution < 1.29 is 4.79 Å². The Morgan fingerprint density at radius 1 is 1.16 bits per heavy atom. The molecule has 1 aliphatic carbocycles. The third-order valence-electron chi connectivity index (χ3n) is 4.43. The summed E-state index contributed by atoms with van der Waals surface area (Å²) in [5.74, 6) is 0.897. The first-order valence-corrected chi connectivity index (χ1v) is 7.92. The second-order valence-corrected chi connectivity index (χ2v) is 6.30. The Balaban J connectivity index is 1.56. The molecule has 2 aliphatic rings. The van der Waals surface area contributed by atoms with E-state index in [9.17, 15) is 4.79 Å². The van der Waals surface area contributed by atoms with E-state index in [2.05, 4.69) is 22.6 Å². The molecule has 0 aromatic carbocycles. The largest absolute Gasteiger partial charge is 0.352 e. The van der Waals surface area contributed by atoms with Crippen molar-refractivity contribution in [2.45, 2.75) is 51.0 Å². The fourth-order valence-corrected chi connectivity index (χ4v) is 3.29. The Morgan fingerprint density at radius 3 is 2.53 bits per heavy atom. The molecule has 1 amide bonds. The van der Waals surface area contributed by atoms with E-state index in [0.717, 1.165) is 19.0 Å². The first-order valence-electron chi connectivity index (χ1n) is 7.92. The zero-order valence-corrected chi connectivity index (χ0v) is 12.3. The molecule has 2 rings (SSSR count). The smallest absolute Gasteiger partial charge is 0.234 e. The van der Waals surface area contributed by atoms with Gasteiger partial charge in [0.1, 0.15) is 0 Å². The second kappa shape index (κ2) is 7.85. The van der Waals surface area contributed by atoms with Crippen LogP contribution in [0.1, 0.15) is 44.9 Å².